The number of piperidine rings is 1. The molecule has 0 bridgehead atoms. The number of hydrogen-bond donors (Lipinski definition) is 2. The third kappa shape index (κ3) is 3.41. The van der Waals surface area contributed by atoms with Gasteiger partial charge in [0.15, 0.2) is 22.5 Å². The summed E-state index contributed by atoms with van der Waals surface area (Å²) in [6.45, 7) is 3.61. The van der Waals surface area contributed by atoms with Crippen LogP contribution in [0.3, 0.4) is 0 Å². The van der Waals surface area contributed by atoms with Crippen LogP contribution in [0.1, 0.15) is 35.3 Å². The van der Waals surface area contributed by atoms with Crippen LogP contribution in [-0.4, -0.2) is 33.9 Å². The number of nitrogens with one attached hydrogen (secondary N) is 1. The molecule has 7 nitrogen and oxygen atoms in total. The summed E-state index contributed by atoms with van der Waals surface area (Å²) >= 11 is 6.25. The minimum Gasteiger partial charge on any atom is -0.382 e. The van der Waals surface area contributed by atoms with Crippen molar-refractivity contribution in [1.29, 1.82) is 0 Å². The van der Waals surface area contributed by atoms with Gasteiger partial charge in [-0.05, 0) is 37.8 Å². The molecule has 8 heteroatoms. The summed E-state index contributed by atoms with van der Waals surface area (Å²) in [6.07, 6.45) is 6.59. The number of rotatable bonds is 3. The van der Waals surface area contributed by atoms with E-state index in [1.807, 2.05) is 6.92 Å². The van der Waals surface area contributed by atoms with Crippen LogP contribution < -0.4 is 16.0 Å². The van der Waals surface area contributed by atoms with Gasteiger partial charge in [0.1, 0.15) is 0 Å². The van der Waals surface area contributed by atoms with Gasteiger partial charge in [0.05, 0.1) is 11.9 Å². The first kappa shape index (κ1) is 16.4. The number of carbonyl (C=O) groups excluding carboxylic acids is 1. The Balaban J connectivity index is 1.84. The second-order valence-electron chi connectivity index (χ2n) is 5.76. The molecule has 1 aliphatic heterocycles. The summed E-state index contributed by atoms with van der Waals surface area (Å²) in [4.78, 5) is 27.0. The first-order valence-electron chi connectivity index (χ1n) is 7.86. The largest absolute Gasteiger partial charge is 0.382 e. The molecule has 1 fully saturated rings. The van der Waals surface area contributed by atoms with Crippen LogP contribution in [0.4, 0.5) is 17.3 Å². The molecule has 0 aliphatic carbocycles. The third-order valence-electron chi connectivity index (χ3n) is 4.02. The number of aryl methyl sites for hydroxylation is 1. The zero-order valence-corrected chi connectivity index (χ0v) is 14.2. The number of anilines is 3. The molecular weight excluding hydrogens is 328 g/mol. The Morgan fingerprint density at radius 2 is 2.04 bits per heavy atom. The summed E-state index contributed by atoms with van der Waals surface area (Å²) in [6, 6.07) is 1.80. The van der Waals surface area contributed by atoms with Crippen molar-refractivity contribution in [2.75, 3.05) is 29.0 Å². The van der Waals surface area contributed by atoms with Crippen molar-refractivity contribution >= 4 is 34.8 Å². The quantitative estimate of drug-likeness (QED) is 0.886. The molecule has 0 atom stereocenters. The number of pyridine rings is 1. The smallest absolute Gasteiger partial charge is 0.278 e. The monoisotopic (exact) mass is 346 g/mol. The zero-order chi connectivity index (χ0) is 17.1. The first-order valence-corrected chi connectivity index (χ1v) is 8.24. The van der Waals surface area contributed by atoms with Gasteiger partial charge >= 0.3 is 0 Å². The normalized spacial score (nSPS) is 14.5. The molecule has 1 amide bonds. The van der Waals surface area contributed by atoms with Crippen LogP contribution in [0, 0.1) is 6.92 Å². The Hall–Kier alpha value is -2.41. The van der Waals surface area contributed by atoms with Crippen molar-refractivity contribution < 1.29 is 4.79 Å². The molecule has 0 unspecified atom stereocenters. The summed E-state index contributed by atoms with van der Waals surface area (Å²) in [5, 5.41) is 2.93. The average Bonchev–Trinajstić information content (AvgIpc) is 2.59. The van der Waals surface area contributed by atoms with Gasteiger partial charge in [0, 0.05) is 19.3 Å². The second-order valence-corrected chi connectivity index (χ2v) is 6.12. The van der Waals surface area contributed by atoms with Crippen LogP contribution in [0.25, 0.3) is 0 Å². The minimum absolute atomic E-state index is 0.0176. The van der Waals surface area contributed by atoms with Crippen molar-refractivity contribution in [2.24, 2.45) is 0 Å². The van der Waals surface area contributed by atoms with E-state index >= 15 is 0 Å². The number of amides is 1. The molecule has 24 heavy (non-hydrogen) atoms. The predicted octanol–water partition coefficient (Wildman–Crippen LogP) is 2.66. The Kier molecular flexibility index (Phi) is 4.80. The standard InChI is InChI=1S/C16H19ClN6O/c1-10-5-6-19-9-11(10)20-16(24)12-14(18)22-15(13(17)21-12)23-7-3-2-4-8-23/h5-6,9H,2-4,7-8H2,1H3,(H2,18,22)(H,20,24). The SMILES string of the molecule is Cc1ccncc1NC(=O)c1nc(Cl)c(N2CCCCC2)nc1N. The Morgan fingerprint density at radius 3 is 2.75 bits per heavy atom. The molecule has 0 radical (unpaired) electrons. The van der Waals surface area contributed by atoms with E-state index in [1.54, 1.807) is 18.5 Å². The van der Waals surface area contributed by atoms with E-state index in [9.17, 15) is 4.79 Å². The molecule has 2 aromatic heterocycles. The number of aromatic nitrogens is 3. The predicted molar refractivity (Wildman–Crippen MR) is 94.4 cm³/mol. The van der Waals surface area contributed by atoms with Crippen molar-refractivity contribution in [3.05, 3.63) is 34.9 Å². The van der Waals surface area contributed by atoms with E-state index in [-0.39, 0.29) is 16.7 Å². The van der Waals surface area contributed by atoms with Gasteiger partial charge in [-0.15, -0.1) is 0 Å². The Bertz CT molecular complexity index is 760. The van der Waals surface area contributed by atoms with Gasteiger partial charge in [0.2, 0.25) is 0 Å². The highest BCUT2D eigenvalue weighted by Crippen LogP contribution is 2.27. The molecular formula is C16H19ClN6O. The summed E-state index contributed by atoms with van der Waals surface area (Å²) < 4.78 is 0. The topological polar surface area (TPSA) is 97.0 Å². The summed E-state index contributed by atoms with van der Waals surface area (Å²) in [7, 11) is 0. The molecule has 0 aromatic carbocycles. The molecule has 3 N–H and O–H groups in total. The Morgan fingerprint density at radius 1 is 1.29 bits per heavy atom. The molecule has 1 aliphatic rings. The number of nitrogens with zero attached hydrogens (tertiary/aromatic N) is 4. The van der Waals surface area contributed by atoms with Gasteiger partial charge in [0.25, 0.3) is 5.91 Å². The van der Waals surface area contributed by atoms with Gasteiger partial charge in [-0.2, -0.15) is 0 Å². The number of nitrogen functional groups attached to an aromatic ring is 1. The maximum atomic E-state index is 12.4. The molecule has 2 aromatic rings. The fourth-order valence-electron chi connectivity index (χ4n) is 2.67. The lowest BCUT2D eigenvalue weighted by Crippen LogP contribution is -2.31. The van der Waals surface area contributed by atoms with Crippen molar-refractivity contribution in [1.82, 2.24) is 15.0 Å². The molecule has 1 saturated heterocycles. The maximum absolute atomic E-state index is 12.4. The molecule has 0 saturated carbocycles. The van der Waals surface area contributed by atoms with Gasteiger partial charge in [-0.3, -0.25) is 9.78 Å². The highest BCUT2D eigenvalue weighted by atomic mass is 35.5. The van der Waals surface area contributed by atoms with Gasteiger partial charge in [-0.25, -0.2) is 9.97 Å². The number of hydrogen-bond acceptors (Lipinski definition) is 6. The fraction of sp³-hybridized carbons (Fsp3) is 0.375. The van der Waals surface area contributed by atoms with Crippen LogP contribution in [0.2, 0.25) is 5.15 Å². The number of carbonyl (C=O) groups is 1. The second kappa shape index (κ2) is 7.00. The fourth-order valence-corrected chi connectivity index (χ4v) is 2.92. The maximum Gasteiger partial charge on any atom is 0.278 e. The minimum atomic E-state index is -0.455. The van der Waals surface area contributed by atoms with Crippen molar-refractivity contribution in [3.8, 4) is 0 Å². The van der Waals surface area contributed by atoms with Gasteiger partial charge < -0.3 is 16.0 Å². The highest BCUT2D eigenvalue weighted by Gasteiger charge is 2.21. The van der Waals surface area contributed by atoms with Crippen LogP contribution in [-0.2, 0) is 0 Å². The van der Waals surface area contributed by atoms with Crippen LogP contribution in [0.15, 0.2) is 18.5 Å². The van der Waals surface area contributed by atoms with Gasteiger partial charge in [-0.1, -0.05) is 11.6 Å². The van der Waals surface area contributed by atoms with E-state index in [2.05, 4.69) is 25.2 Å². The summed E-state index contributed by atoms with van der Waals surface area (Å²) in [5.41, 5.74) is 7.46. The number of nitrogens with two attached hydrogens (primary N) is 1. The zero-order valence-electron chi connectivity index (χ0n) is 13.4. The van der Waals surface area contributed by atoms with Crippen molar-refractivity contribution in [3.63, 3.8) is 0 Å². The van der Waals surface area contributed by atoms with E-state index in [0.29, 0.717) is 11.5 Å². The highest BCUT2D eigenvalue weighted by molar-refractivity contribution is 6.32. The summed E-state index contributed by atoms with van der Waals surface area (Å²) in [5.74, 6) is 0.158. The Labute approximate surface area is 145 Å². The molecule has 126 valence electrons. The van der Waals surface area contributed by atoms with E-state index in [4.69, 9.17) is 17.3 Å². The first-order chi connectivity index (χ1) is 11.6. The molecule has 3 heterocycles. The van der Waals surface area contributed by atoms with Crippen LogP contribution in [0.5, 0.6) is 0 Å². The third-order valence-corrected chi connectivity index (χ3v) is 4.27. The van der Waals surface area contributed by atoms with E-state index in [1.165, 1.54) is 6.42 Å². The molecule has 3 rings (SSSR count). The lowest BCUT2D eigenvalue weighted by Gasteiger charge is -2.28. The van der Waals surface area contributed by atoms with Crippen molar-refractivity contribution in [2.45, 2.75) is 26.2 Å². The van der Waals surface area contributed by atoms with E-state index < -0.39 is 5.91 Å². The average molecular weight is 347 g/mol. The lowest BCUT2D eigenvalue weighted by atomic mass is 10.1. The number of halogens is 1. The lowest BCUT2D eigenvalue weighted by molar-refractivity contribution is 0.102. The van der Waals surface area contributed by atoms with Crippen LogP contribution >= 0.6 is 11.6 Å². The molecule has 0 spiro atoms. The van der Waals surface area contributed by atoms with E-state index in [0.717, 1.165) is 31.5 Å².